The van der Waals surface area contributed by atoms with E-state index in [0.717, 1.165) is 31.5 Å². The van der Waals surface area contributed by atoms with Gasteiger partial charge < -0.3 is 15.1 Å². The Hall–Kier alpha value is -0.770. The second kappa shape index (κ2) is 7.48. The van der Waals surface area contributed by atoms with Gasteiger partial charge in [0.2, 0.25) is 0 Å². The van der Waals surface area contributed by atoms with Crippen LogP contribution in [-0.4, -0.2) is 62.1 Å². The Balaban J connectivity index is 1.95. The molecule has 1 N–H and O–H groups in total. The first kappa shape index (κ1) is 16.6. The summed E-state index contributed by atoms with van der Waals surface area (Å²) in [5, 5.41) is 3.51. The van der Waals surface area contributed by atoms with E-state index in [4.69, 9.17) is 4.99 Å². The Kier molecular flexibility index (Phi) is 5.91. The Morgan fingerprint density at radius 3 is 2.52 bits per heavy atom. The van der Waals surface area contributed by atoms with E-state index in [1.165, 1.54) is 45.3 Å². The van der Waals surface area contributed by atoms with Crippen LogP contribution >= 0.6 is 0 Å². The van der Waals surface area contributed by atoms with Crippen LogP contribution in [0.15, 0.2) is 4.99 Å². The Morgan fingerprint density at radius 2 is 2.00 bits per heavy atom. The molecule has 0 aromatic rings. The van der Waals surface area contributed by atoms with Gasteiger partial charge in [-0.3, -0.25) is 4.99 Å². The van der Waals surface area contributed by atoms with Crippen LogP contribution in [0.3, 0.4) is 0 Å². The van der Waals surface area contributed by atoms with Gasteiger partial charge >= 0.3 is 0 Å². The molecule has 0 aliphatic carbocycles. The van der Waals surface area contributed by atoms with E-state index in [0.29, 0.717) is 5.41 Å². The molecule has 2 rings (SSSR count). The highest BCUT2D eigenvalue weighted by Gasteiger charge is 2.36. The zero-order chi connectivity index (χ0) is 15.3. The molecular weight excluding hydrogens is 260 g/mol. The Labute approximate surface area is 131 Å². The van der Waals surface area contributed by atoms with Crippen molar-refractivity contribution < 1.29 is 0 Å². The molecule has 2 aliphatic rings. The van der Waals surface area contributed by atoms with Crippen LogP contribution in [0.25, 0.3) is 0 Å². The van der Waals surface area contributed by atoms with Crippen molar-refractivity contribution in [1.82, 2.24) is 15.1 Å². The number of guanidine groups is 1. The first-order valence-electron chi connectivity index (χ1n) is 8.84. The summed E-state index contributed by atoms with van der Waals surface area (Å²) < 4.78 is 0. The molecule has 0 amide bonds. The summed E-state index contributed by atoms with van der Waals surface area (Å²) in [6.45, 7) is 13.6. The van der Waals surface area contributed by atoms with Crippen LogP contribution in [0.5, 0.6) is 0 Å². The molecule has 4 nitrogen and oxygen atoms in total. The SMILES string of the molecule is CCNC(=NCC1CCN(C)C1)N1CCC(CC)(CC)C1. The topological polar surface area (TPSA) is 30.9 Å². The van der Waals surface area contributed by atoms with Crippen molar-refractivity contribution in [2.45, 2.75) is 46.5 Å². The van der Waals surface area contributed by atoms with Crippen LogP contribution in [0.2, 0.25) is 0 Å². The van der Waals surface area contributed by atoms with Crippen molar-refractivity contribution in [3.8, 4) is 0 Å². The molecule has 0 saturated carbocycles. The van der Waals surface area contributed by atoms with E-state index in [1.54, 1.807) is 0 Å². The number of rotatable bonds is 5. The maximum atomic E-state index is 4.95. The first-order valence-corrected chi connectivity index (χ1v) is 8.84. The van der Waals surface area contributed by atoms with Gasteiger partial charge in [-0.1, -0.05) is 13.8 Å². The van der Waals surface area contributed by atoms with E-state index in [1.807, 2.05) is 0 Å². The predicted molar refractivity (Wildman–Crippen MR) is 90.8 cm³/mol. The fourth-order valence-corrected chi connectivity index (χ4v) is 3.76. The zero-order valence-corrected chi connectivity index (χ0v) is 14.5. The molecule has 0 bridgehead atoms. The van der Waals surface area contributed by atoms with E-state index in [-0.39, 0.29) is 0 Å². The molecule has 1 unspecified atom stereocenters. The largest absolute Gasteiger partial charge is 0.357 e. The molecule has 2 saturated heterocycles. The Bertz CT molecular complexity index is 349. The van der Waals surface area contributed by atoms with E-state index >= 15 is 0 Å². The number of nitrogens with zero attached hydrogens (tertiary/aromatic N) is 3. The van der Waals surface area contributed by atoms with Gasteiger partial charge in [-0.05, 0) is 57.5 Å². The second-order valence-electron chi connectivity index (χ2n) is 6.99. The quantitative estimate of drug-likeness (QED) is 0.624. The summed E-state index contributed by atoms with van der Waals surface area (Å²) in [5.74, 6) is 1.89. The first-order chi connectivity index (χ1) is 10.1. The third kappa shape index (κ3) is 4.12. The highest BCUT2D eigenvalue weighted by atomic mass is 15.3. The Morgan fingerprint density at radius 1 is 1.24 bits per heavy atom. The minimum Gasteiger partial charge on any atom is -0.357 e. The van der Waals surface area contributed by atoms with Crippen LogP contribution < -0.4 is 5.32 Å². The van der Waals surface area contributed by atoms with Crippen molar-refractivity contribution in [3.05, 3.63) is 0 Å². The lowest BCUT2D eigenvalue weighted by atomic mass is 9.82. The summed E-state index contributed by atoms with van der Waals surface area (Å²) in [4.78, 5) is 9.86. The van der Waals surface area contributed by atoms with Gasteiger partial charge in [0, 0.05) is 32.7 Å². The highest BCUT2D eigenvalue weighted by Crippen LogP contribution is 2.36. The highest BCUT2D eigenvalue weighted by molar-refractivity contribution is 5.80. The number of hydrogen-bond donors (Lipinski definition) is 1. The third-order valence-electron chi connectivity index (χ3n) is 5.56. The third-order valence-corrected chi connectivity index (χ3v) is 5.56. The fourth-order valence-electron chi connectivity index (χ4n) is 3.76. The molecule has 2 fully saturated rings. The fraction of sp³-hybridized carbons (Fsp3) is 0.941. The standard InChI is InChI=1S/C17H34N4/c1-5-17(6-2)9-11-21(14-17)16(18-7-3)19-12-15-8-10-20(4)13-15/h15H,5-14H2,1-4H3,(H,18,19). The summed E-state index contributed by atoms with van der Waals surface area (Å²) >= 11 is 0. The number of hydrogen-bond acceptors (Lipinski definition) is 2. The van der Waals surface area contributed by atoms with E-state index < -0.39 is 0 Å². The number of nitrogens with one attached hydrogen (secondary N) is 1. The zero-order valence-electron chi connectivity index (χ0n) is 14.5. The summed E-state index contributed by atoms with van der Waals surface area (Å²) in [7, 11) is 2.21. The van der Waals surface area contributed by atoms with Crippen LogP contribution in [0, 0.1) is 11.3 Å². The van der Waals surface area contributed by atoms with Gasteiger partial charge in [0.1, 0.15) is 0 Å². The molecule has 2 heterocycles. The van der Waals surface area contributed by atoms with Crippen molar-refractivity contribution >= 4 is 5.96 Å². The lowest BCUT2D eigenvalue weighted by Gasteiger charge is -2.28. The van der Waals surface area contributed by atoms with Gasteiger partial charge in [-0.25, -0.2) is 0 Å². The number of likely N-dealkylation sites (tertiary alicyclic amines) is 2. The molecule has 1 atom stereocenters. The minimum atomic E-state index is 0.518. The van der Waals surface area contributed by atoms with Crippen LogP contribution in [-0.2, 0) is 0 Å². The van der Waals surface area contributed by atoms with Crippen LogP contribution in [0.4, 0.5) is 0 Å². The average Bonchev–Trinajstić information content (AvgIpc) is 3.10. The molecule has 0 spiro atoms. The summed E-state index contributed by atoms with van der Waals surface area (Å²) in [6.07, 6.45) is 5.18. The molecular formula is C17H34N4. The molecule has 0 radical (unpaired) electrons. The molecule has 0 aromatic heterocycles. The minimum absolute atomic E-state index is 0.518. The van der Waals surface area contributed by atoms with E-state index in [9.17, 15) is 0 Å². The monoisotopic (exact) mass is 294 g/mol. The lowest BCUT2D eigenvalue weighted by molar-refractivity contribution is 0.276. The van der Waals surface area contributed by atoms with Gasteiger partial charge in [0.05, 0.1) is 0 Å². The van der Waals surface area contributed by atoms with Crippen molar-refractivity contribution in [2.75, 3.05) is 46.3 Å². The molecule has 21 heavy (non-hydrogen) atoms. The van der Waals surface area contributed by atoms with E-state index in [2.05, 4.69) is 42.9 Å². The normalized spacial score (nSPS) is 26.6. The summed E-state index contributed by atoms with van der Waals surface area (Å²) in [6, 6.07) is 0. The maximum absolute atomic E-state index is 4.95. The predicted octanol–water partition coefficient (Wildman–Crippen LogP) is 2.42. The van der Waals surface area contributed by atoms with Crippen LogP contribution in [0.1, 0.15) is 46.5 Å². The van der Waals surface area contributed by atoms with Crippen molar-refractivity contribution in [3.63, 3.8) is 0 Å². The smallest absolute Gasteiger partial charge is 0.193 e. The maximum Gasteiger partial charge on any atom is 0.193 e. The van der Waals surface area contributed by atoms with Crippen molar-refractivity contribution in [2.24, 2.45) is 16.3 Å². The molecule has 4 heteroatoms. The lowest BCUT2D eigenvalue weighted by Crippen LogP contribution is -2.41. The second-order valence-corrected chi connectivity index (χ2v) is 6.99. The van der Waals surface area contributed by atoms with Gasteiger partial charge in [-0.15, -0.1) is 0 Å². The average molecular weight is 294 g/mol. The van der Waals surface area contributed by atoms with Gasteiger partial charge in [0.15, 0.2) is 5.96 Å². The molecule has 0 aromatic carbocycles. The van der Waals surface area contributed by atoms with Gasteiger partial charge in [-0.2, -0.15) is 0 Å². The molecule has 122 valence electrons. The van der Waals surface area contributed by atoms with Crippen molar-refractivity contribution in [1.29, 1.82) is 0 Å². The number of aliphatic imine (C=N–C) groups is 1. The van der Waals surface area contributed by atoms with Gasteiger partial charge in [0.25, 0.3) is 0 Å². The molecule has 2 aliphatic heterocycles. The summed E-state index contributed by atoms with van der Waals surface area (Å²) in [5.41, 5.74) is 0.518.